The summed E-state index contributed by atoms with van der Waals surface area (Å²) >= 11 is 1.81. The molecule has 114 valence electrons. The fourth-order valence-electron chi connectivity index (χ4n) is 2.69. The normalized spacial score (nSPS) is 21.1. The Morgan fingerprint density at radius 2 is 2.14 bits per heavy atom. The summed E-state index contributed by atoms with van der Waals surface area (Å²) in [4.78, 5) is 30.1. The molecule has 0 radical (unpaired) electrons. The highest BCUT2D eigenvalue weighted by Gasteiger charge is 2.51. The smallest absolute Gasteiger partial charge is 0.325 e. The molecule has 0 unspecified atom stereocenters. The van der Waals surface area contributed by atoms with E-state index in [1.54, 1.807) is 0 Å². The minimum Gasteiger partial charge on any atom is -0.339 e. The average Bonchev–Trinajstić information content (AvgIpc) is 3.00. The Hall–Kier alpha value is -1.57. The van der Waals surface area contributed by atoms with Crippen LogP contribution in [0.3, 0.4) is 0 Å². The Morgan fingerprint density at radius 3 is 2.86 bits per heavy atom. The molecular weight excluding hydrogens is 292 g/mol. The number of nitrogens with zero attached hydrogens (tertiary/aromatic N) is 3. The van der Waals surface area contributed by atoms with Gasteiger partial charge in [0.2, 0.25) is 5.89 Å². The number of carbonyl (C=O) groups is 2. The van der Waals surface area contributed by atoms with Crippen molar-refractivity contribution in [1.82, 2.24) is 20.4 Å². The molecule has 3 heterocycles. The number of imide groups is 1. The number of nitrogens with one attached hydrogen (secondary N) is 1. The number of aromatic nitrogens is 2. The van der Waals surface area contributed by atoms with Crippen LogP contribution in [0.1, 0.15) is 37.9 Å². The Bertz CT molecular complexity index is 553. The molecule has 0 saturated carbocycles. The molecule has 1 N–H and O–H groups in total. The van der Waals surface area contributed by atoms with E-state index in [1.165, 1.54) is 4.90 Å². The van der Waals surface area contributed by atoms with Crippen LogP contribution in [0.5, 0.6) is 0 Å². The van der Waals surface area contributed by atoms with Gasteiger partial charge in [-0.3, -0.25) is 9.69 Å². The van der Waals surface area contributed by atoms with Gasteiger partial charge >= 0.3 is 6.03 Å². The molecule has 1 aromatic rings. The van der Waals surface area contributed by atoms with Gasteiger partial charge in [-0.25, -0.2) is 4.79 Å². The van der Waals surface area contributed by atoms with Crippen LogP contribution < -0.4 is 5.32 Å². The molecule has 0 bridgehead atoms. The minimum atomic E-state index is -0.710. The number of aryl methyl sites for hydroxylation is 1. The lowest BCUT2D eigenvalue weighted by Crippen LogP contribution is -2.49. The van der Waals surface area contributed by atoms with E-state index in [0.29, 0.717) is 31.0 Å². The Morgan fingerprint density at radius 1 is 1.38 bits per heavy atom. The lowest BCUT2D eigenvalue weighted by atomic mass is 9.92. The average molecular weight is 310 g/mol. The Labute approximate surface area is 126 Å². The summed E-state index contributed by atoms with van der Waals surface area (Å²) in [5.41, 5.74) is -0.710. The molecule has 3 amide bonds. The van der Waals surface area contributed by atoms with Crippen molar-refractivity contribution in [1.29, 1.82) is 0 Å². The van der Waals surface area contributed by atoms with E-state index < -0.39 is 5.54 Å². The topological polar surface area (TPSA) is 88.3 Å². The highest BCUT2D eigenvalue weighted by Crippen LogP contribution is 2.33. The number of hydrogen-bond donors (Lipinski definition) is 1. The van der Waals surface area contributed by atoms with Gasteiger partial charge in [0.1, 0.15) is 5.54 Å². The van der Waals surface area contributed by atoms with Crippen molar-refractivity contribution in [3.8, 4) is 0 Å². The summed E-state index contributed by atoms with van der Waals surface area (Å²) in [7, 11) is 0. The first-order valence-electron chi connectivity index (χ1n) is 7.18. The van der Waals surface area contributed by atoms with Crippen LogP contribution >= 0.6 is 11.8 Å². The molecule has 8 heteroatoms. The summed E-state index contributed by atoms with van der Waals surface area (Å²) in [5.74, 6) is 2.55. The van der Waals surface area contributed by atoms with E-state index in [-0.39, 0.29) is 18.5 Å². The zero-order valence-corrected chi connectivity index (χ0v) is 12.7. The predicted molar refractivity (Wildman–Crippen MR) is 76.7 cm³/mol. The van der Waals surface area contributed by atoms with Crippen molar-refractivity contribution in [2.45, 2.75) is 44.7 Å². The maximum Gasteiger partial charge on any atom is 0.325 e. The maximum absolute atomic E-state index is 12.6. The van der Waals surface area contributed by atoms with Gasteiger partial charge in [0, 0.05) is 6.42 Å². The monoisotopic (exact) mass is 310 g/mol. The summed E-state index contributed by atoms with van der Waals surface area (Å²) in [6.45, 7) is 2.10. The van der Waals surface area contributed by atoms with Crippen LogP contribution in [-0.2, 0) is 17.8 Å². The molecule has 2 aliphatic rings. The van der Waals surface area contributed by atoms with Gasteiger partial charge in [0.05, 0.1) is 6.54 Å². The number of hydrogen-bond acceptors (Lipinski definition) is 6. The van der Waals surface area contributed by atoms with Gasteiger partial charge in [0.25, 0.3) is 5.91 Å². The maximum atomic E-state index is 12.6. The molecule has 0 aromatic carbocycles. The predicted octanol–water partition coefficient (Wildman–Crippen LogP) is 1.34. The quantitative estimate of drug-likeness (QED) is 0.844. The summed E-state index contributed by atoms with van der Waals surface area (Å²) < 4.78 is 5.09. The molecule has 2 aliphatic heterocycles. The number of thioether (sulfide) groups is 1. The summed E-state index contributed by atoms with van der Waals surface area (Å²) in [6.07, 6.45) is 2.98. The molecular formula is C13H18N4O3S. The Balaban J connectivity index is 1.72. The van der Waals surface area contributed by atoms with Crippen molar-refractivity contribution in [2.24, 2.45) is 0 Å². The molecule has 0 atom stereocenters. The van der Waals surface area contributed by atoms with E-state index in [9.17, 15) is 9.59 Å². The van der Waals surface area contributed by atoms with Crippen LogP contribution in [0.4, 0.5) is 4.79 Å². The van der Waals surface area contributed by atoms with E-state index in [0.717, 1.165) is 17.9 Å². The zero-order valence-electron chi connectivity index (χ0n) is 11.9. The van der Waals surface area contributed by atoms with Crippen molar-refractivity contribution in [3.63, 3.8) is 0 Å². The molecule has 1 aromatic heterocycles. The third-order valence-corrected chi connectivity index (χ3v) is 4.85. The third-order valence-electron chi connectivity index (χ3n) is 3.87. The van der Waals surface area contributed by atoms with Gasteiger partial charge in [0.15, 0.2) is 5.82 Å². The Kier molecular flexibility index (Phi) is 3.88. The van der Waals surface area contributed by atoms with Gasteiger partial charge in [-0.15, -0.1) is 0 Å². The fraction of sp³-hybridized carbons (Fsp3) is 0.692. The first-order chi connectivity index (χ1) is 10.1. The second kappa shape index (κ2) is 5.67. The molecule has 1 spiro atoms. The molecule has 2 fully saturated rings. The van der Waals surface area contributed by atoms with E-state index in [4.69, 9.17) is 4.52 Å². The van der Waals surface area contributed by atoms with Crippen molar-refractivity contribution < 1.29 is 14.1 Å². The molecule has 21 heavy (non-hydrogen) atoms. The van der Waals surface area contributed by atoms with Gasteiger partial charge in [-0.05, 0) is 30.8 Å². The van der Waals surface area contributed by atoms with Gasteiger partial charge in [-0.1, -0.05) is 12.1 Å². The third kappa shape index (κ3) is 2.64. The largest absolute Gasteiger partial charge is 0.339 e. The van der Waals surface area contributed by atoms with Crippen molar-refractivity contribution in [2.75, 3.05) is 11.5 Å². The number of urea groups is 1. The standard InChI is InChI=1S/C13H18N4O3S/c1-2-3-10-14-9(16-20-10)8-17-11(18)13(15-12(17)19)4-6-21-7-5-13/h2-8H2,1H3,(H,15,19). The lowest BCUT2D eigenvalue weighted by Gasteiger charge is -2.30. The van der Waals surface area contributed by atoms with Crippen LogP contribution in [0.2, 0.25) is 0 Å². The first kappa shape index (κ1) is 14.4. The minimum absolute atomic E-state index is 0.0762. The fourth-order valence-corrected chi connectivity index (χ4v) is 3.88. The number of rotatable bonds is 4. The lowest BCUT2D eigenvalue weighted by molar-refractivity contribution is -0.132. The second-order valence-corrected chi connectivity index (χ2v) is 6.60. The van der Waals surface area contributed by atoms with E-state index in [2.05, 4.69) is 15.5 Å². The van der Waals surface area contributed by atoms with Gasteiger partial charge in [-0.2, -0.15) is 16.7 Å². The highest BCUT2D eigenvalue weighted by atomic mass is 32.2. The second-order valence-electron chi connectivity index (χ2n) is 5.37. The number of carbonyl (C=O) groups excluding carboxylic acids is 2. The van der Waals surface area contributed by atoms with Gasteiger partial charge < -0.3 is 9.84 Å². The molecule has 3 rings (SSSR count). The SMILES string of the molecule is CCCc1nc(CN2C(=O)NC3(CCSCC3)C2=O)no1. The highest BCUT2D eigenvalue weighted by molar-refractivity contribution is 7.99. The molecule has 0 aliphatic carbocycles. The molecule has 7 nitrogen and oxygen atoms in total. The first-order valence-corrected chi connectivity index (χ1v) is 8.33. The number of amides is 3. The molecule has 2 saturated heterocycles. The van der Waals surface area contributed by atoms with E-state index >= 15 is 0 Å². The summed E-state index contributed by atoms with van der Waals surface area (Å²) in [5, 5.41) is 6.70. The zero-order chi connectivity index (χ0) is 14.9. The summed E-state index contributed by atoms with van der Waals surface area (Å²) in [6, 6.07) is -0.353. The van der Waals surface area contributed by atoms with Crippen LogP contribution in [0.25, 0.3) is 0 Å². The van der Waals surface area contributed by atoms with Crippen LogP contribution in [-0.4, -0.2) is 44.0 Å². The van der Waals surface area contributed by atoms with Crippen LogP contribution in [0, 0.1) is 0 Å². The van der Waals surface area contributed by atoms with Crippen LogP contribution in [0.15, 0.2) is 4.52 Å². The van der Waals surface area contributed by atoms with Crippen molar-refractivity contribution in [3.05, 3.63) is 11.7 Å². The van der Waals surface area contributed by atoms with Crippen molar-refractivity contribution >= 4 is 23.7 Å². The van der Waals surface area contributed by atoms with E-state index in [1.807, 2.05) is 18.7 Å².